The number of likely N-dealkylation sites (tertiary alicyclic amines) is 1. The lowest BCUT2D eigenvalue weighted by atomic mass is 9.82. The van der Waals surface area contributed by atoms with Crippen molar-refractivity contribution in [2.75, 3.05) is 13.2 Å². The molecule has 0 radical (unpaired) electrons. The molecule has 0 aromatic carbocycles. The SMILES string of the molecule is CC(C)(C)OC(=O)N1CC(OC2CCCCO2)C[C@H]1Cn1cc(B2OC(C)(C)C(C)(C)O2)cn1. The molecule has 10 heteroatoms. The molecule has 0 spiro atoms. The van der Waals surface area contributed by atoms with Gasteiger partial charge in [0.05, 0.1) is 36.4 Å². The molecule has 1 amide bonds. The zero-order chi connectivity index (χ0) is 24.7. The Morgan fingerprint density at radius 3 is 2.53 bits per heavy atom. The van der Waals surface area contributed by atoms with Crippen LogP contribution in [0.15, 0.2) is 12.4 Å². The molecule has 190 valence electrons. The van der Waals surface area contributed by atoms with Crippen molar-refractivity contribution in [2.24, 2.45) is 0 Å². The Balaban J connectivity index is 1.44. The highest BCUT2D eigenvalue weighted by Gasteiger charge is 2.52. The molecule has 4 heterocycles. The minimum Gasteiger partial charge on any atom is -0.444 e. The van der Waals surface area contributed by atoms with E-state index in [0.717, 1.165) is 31.3 Å². The molecule has 3 aliphatic rings. The van der Waals surface area contributed by atoms with E-state index < -0.39 is 23.9 Å². The van der Waals surface area contributed by atoms with Crippen molar-refractivity contribution in [3.05, 3.63) is 12.4 Å². The van der Waals surface area contributed by atoms with E-state index in [4.69, 9.17) is 23.5 Å². The molecule has 1 aromatic heterocycles. The van der Waals surface area contributed by atoms with Crippen LogP contribution in [0.25, 0.3) is 0 Å². The van der Waals surface area contributed by atoms with E-state index in [-0.39, 0.29) is 24.5 Å². The highest BCUT2D eigenvalue weighted by atomic mass is 16.7. The van der Waals surface area contributed by atoms with Crippen LogP contribution in [0.2, 0.25) is 0 Å². The van der Waals surface area contributed by atoms with Crippen LogP contribution in [-0.4, -0.2) is 76.3 Å². The molecule has 3 saturated heterocycles. The van der Waals surface area contributed by atoms with E-state index in [1.165, 1.54) is 0 Å². The number of hydrogen-bond donors (Lipinski definition) is 0. The Kier molecular flexibility index (Phi) is 7.08. The van der Waals surface area contributed by atoms with Gasteiger partial charge in [-0.2, -0.15) is 5.10 Å². The number of rotatable bonds is 5. The van der Waals surface area contributed by atoms with Gasteiger partial charge in [-0.3, -0.25) is 4.68 Å². The van der Waals surface area contributed by atoms with E-state index in [1.807, 2.05) is 59.3 Å². The van der Waals surface area contributed by atoms with Crippen LogP contribution in [0.5, 0.6) is 0 Å². The molecular weight excluding hydrogens is 437 g/mol. The number of hydrogen-bond acceptors (Lipinski definition) is 7. The zero-order valence-electron chi connectivity index (χ0n) is 21.7. The summed E-state index contributed by atoms with van der Waals surface area (Å²) in [6.45, 7) is 15.5. The summed E-state index contributed by atoms with van der Waals surface area (Å²) in [7, 11) is -0.469. The zero-order valence-corrected chi connectivity index (χ0v) is 21.7. The lowest BCUT2D eigenvalue weighted by Crippen LogP contribution is -2.42. The van der Waals surface area contributed by atoms with Crippen molar-refractivity contribution in [2.45, 2.75) is 116 Å². The Hall–Kier alpha value is -1.62. The standard InChI is InChI=1S/C24H40BN3O6/c1-22(2,3)32-21(29)28-16-19(31-20-10-8-9-11-30-20)12-18(28)15-27-14-17(13-26-27)25-33-23(4,5)24(6,7)34-25/h13-14,18-20H,8-12,15-16H2,1-7H3/t18-,19?,20?/m0/s1. The van der Waals surface area contributed by atoms with E-state index in [9.17, 15) is 4.79 Å². The molecule has 3 aliphatic heterocycles. The summed E-state index contributed by atoms with van der Waals surface area (Å²) in [5, 5.41) is 4.54. The van der Waals surface area contributed by atoms with Crippen LogP contribution < -0.4 is 5.46 Å². The average molecular weight is 477 g/mol. The van der Waals surface area contributed by atoms with Crippen molar-refractivity contribution in [3.63, 3.8) is 0 Å². The van der Waals surface area contributed by atoms with Crippen molar-refractivity contribution in [3.8, 4) is 0 Å². The highest BCUT2D eigenvalue weighted by molar-refractivity contribution is 6.62. The summed E-state index contributed by atoms with van der Waals surface area (Å²) in [5.41, 5.74) is -0.527. The van der Waals surface area contributed by atoms with Gasteiger partial charge in [0, 0.05) is 24.5 Å². The lowest BCUT2D eigenvalue weighted by Gasteiger charge is -2.32. The maximum Gasteiger partial charge on any atom is 0.498 e. The van der Waals surface area contributed by atoms with Crippen LogP contribution in [0.3, 0.4) is 0 Å². The van der Waals surface area contributed by atoms with Crippen molar-refractivity contribution < 1.29 is 28.3 Å². The van der Waals surface area contributed by atoms with Crippen LogP contribution in [-0.2, 0) is 30.1 Å². The quantitative estimate of drug-likeness (QED) is 0.603. The second-order valence-electron chi connectivity index (χ2n) is 11.7. The first-order valence-corrected chi connectivity index (χ1v) is 12.5. The van der Waals surface area contributed by atoms with Crippen molar-refractivity contribution >= 4 is 18.7 Å². The Labute approximate surface area is 203 Å². The van der Waals surface area contributed by atoms with Crippen LogP contribution in [0, 0.1) is 0 Å². The highest BCUT2D eigenvalue weighted by Crippen LogP contribution is 2.36. The fraction of sp³-hybridized carbons (Fsp3) is 0.833. The summed E-state index contributed by atoms with van der Waals surface area (Å²) in [4.78, 5) is 14.8. The van der Waals surface area contributed by atoms with Gasteiger partial charge in [-0.25, -0.2) is 4.79 Å². The summed E-state index contributed by atoms with van der Waals surface area (Å²) >= 11 is 0. The van der Waals surface area contributed by atoms with Crippen molar-refractivity contribution in [1.29, 1.82) is 0 Å². The first-order chi connectivity index (χ1) is 15.8. The maximum atomic E-state index is 13.0. The summed E-state index contributed by atoms with van der Waals surface area (Å²) in [6, 6.07) is -0.102. The first kappa shape index (κ1) is 25.5. The minimum absolute atomic E-state index is 0.0984. The second-order valence-corrected chi connectivity index (χ2v) is 11.7. The van der Waals surface area contributed by atoms with Gasteiger partial charge in [0.25, 0.3) is 0 Å². The molecular formula is C24H40BN3O6. The van der Waals surface area contributed by atoms with Gasteiger partial charge in [0.1, 0.15) is 5.60 Å². The number of carbonyl (C=O) groups excluding carboxylic acids is 1. The van der Waals surface area contributed by atoms with Gasteiger partial charge < -0.3 is 28.4 Å². The number of aromatic nitrogens is 2. The molecule has 3 atom stereocenters. The molecule has 3 fully saturated rings. The molecule has 0 bridgehead atoms. The van der Waals surface area contributed by atoms with Gasteiger partial charge in [0.2, 0.25) is 0 Å². The molecule has 2 unspecified atom stereocenters. The molecule has 0 N–H and O–H groups in total. The molecule has 34 heavy (non-hydrogen) atoms. The smallest absolute Gasteiger partial charge is 0.444 e. The molecule has 9 nitrogen and oxygen atoms in total. The molecule has 4 rings (SSSR count). The van der Waals surface area contributed by atoms with Gasteiger partial charge in [-0.15, -0.1) is 0 Å². The van der Waals surface area contributed by atoms with Gasteiger partial charge in [-0.1, -0.05) is 0 Å². The monoisotopic (exact) mass is 477 g/mol. The number of amides is 1. The fourth-order valence-electron chi connectivity index (χ4n) is 4.52. The largest absolute Gasteiger partial charge is 0.498 e. The summed E-state index contributed by atoms with van der Waals surface area (Å²) in [5.74, 6) is 0. The third-order valence-corrected chi connectivity index (χ3v) is 7.06. The summed E-state index contributed by atoms with van der Waals surface area (Å²) in [6.07, 6.45) is 6.86. The van der Waals surface area contributed by atoms with Gasteiger partial charge in [0.15, 0.2) is 6.29 Å². The third-order valence-electron chi connectivity index (χ3n) is 7.06. The average Bonchev–Trinajstić information content (AvgIpc) is 3.39. The number of carbonyl (C=O) groups is 1. The normalized spacial score (nSPS) is 29.0. The van der Waals surface area contributed by atoms with Crippen LogP contribution in [0.1, 0.15) is 74.1 Å². The Morgan fingerprint density at radius 2 is 1.91 bits per heavy atom. The van der Waals surface area contributed by atoms with E-state index in [2.05, 4.69) is 5.10 Å². The predicted molar refractivity (Wildman–Crippen MR) is 128 cm³/mol. The Bertz CT molecular complexity index is 845. The molecule has 0 saturated carbocycles. The molecule has 1 aromatic rings. The predicted octanol–water partition coefficient (Wildman–Crippen LogP) is 3.10. The maximum absolute atomic E-state index is 13.0. The van der Waals surface area contributed by atoms with Gasteiger partial charge >= 0.3 is 13.2 Å². The van der Waals surface area contributed by atoms with E-state index in [0.29, 0.717) is 19.5 Å². The van der Waals surface area contributed by atoms with Crippen LogP contribution in [0.4, 0.5) is 4.79 Å². The summed E-state index contributed by atoms with van der Waals surface area (Å²) < 4.78 is 31.8. The van der Waals surface area contributed by atoms with E-state index in [1.54, 1.807) is 11.1 Å². The topological polar surface area (TPSA) is 84.3 Å². The first-order valence-electron chi connectivity index (χ1n) is 12.5. The van der Waals surface area contributed by atoms with Crippen molar-refractivity contribution in [1.82, 2.24) is 14.7 Å². The molecule has 0 aliphatic carbocycles. The van der Waals surface area contributed by atoms with E-state index >= 15 is 0 Å². The Morgan fingerprint density at radius 1 is 1.21 bits per heavy atom. The van der Waals surface area contributed by atoms with Gasteiger partial charge in [-0.05, 0) is 74.1 Å². The minimum atomic E-state index is -0.567. The van der Waals surface area contributed by atoms with Crippen LogP contribution >= 0.6 is 0 Å². The number of ether oxygens (including phenoxy) is 3. The third kappa shape index (κ3) is 5.78. The number of nitrogens with zero attached hydrogens (tertiary/aromatic N) is 3. The fourth-order valence-corrected chi connectivity index (χ4v) is 4.52. The lowest BCUT2D eigenvalue weighted by molar-refractivity contribution is -0.185. The second kappa shape index (κ2) is 9.45.